The van der Waals surface area contributed by atoms with Crippen molar-refractivity contribution in [1.29, 1.82) is 0 Å². The number of carbonyl (C=O) groups excluding carboxylic acids is 1. The molecule has 1 aromatic rings. The van der Waals surface area contributed by atoms with E-state index in [0.29, 0.717) is 12.4 Å². The minimum absolute atomic E-state index is 0.193. The van der Waals surface area contributed by atoms with Gasteiger partial charge in [-0.05, 0) is 0 Å². The summed E-state index contributed by atoms with van der Waals surface area (Å²) in [4.78, 5) is 11.0. The van der Waals surface area contributed by atoms with Crippen LogP contribution >= 0.6 is 0 Å². The van der Waals surface area contributed by atoms with Crippen molar-refractivity contribution in [3.05, 3.63) is 30.3 Å². The van der Waals surface area contributed by atoms with Gasteiger partial charge in [0.2, 0.25) is 12.2 Å². The van der Waals surface area contributed by atoms with Crippen molar-refractivity contribution in [3.8, 4) is 0 Å². The fourth-order valence-electron chi connectivity index (χ4n) is 1.37. The summed E-state index contributed by atoms with van der Waals surface area (Å²) in [6, 6.07) is 9.71. The molecule has 98 valence electrons. The minimum Gasteiger partial charge on any atom is -0.370 e. The van der Waals surface area contributed by atoms with Crippen molar-refractivity contribution in [1.82, 2.24) is 0 Å². The van der Waals surface area contributed by atoms with Crippen LogP contribution in [0.4, 0.5) is 5.69 Å². The monoisotopic (exact) mass is 275 g/mol. The number of halogens is 1. The zero-order valence-electron chi connectivity index (χ0n) is 9.37. The highest BCUT2D eigenvalue weighted by Crippen LogP contribution is 2.14. The van der Waals surface area contributed by atoms with Crippen molar-refractivity contribution in [2.45, 2.75) is 6.92 Å². The van der Waals surface area contributed by atoms with E-state index in [1.807, 2.05) is 34.9 Å². The van der Waals surface area contributed by atoms with Gasteiger partial charge in [-0.15, -0.1) is 10.2 Å². The lowest BCUT2D eigenvalue weighted by Crippen LogP contribution is -2.68. The van der Waals surface area contributed by atoms with Gasteiger partial charge in [-0.2, -0.15) is 4.58 Å². The van der Waals surface area contributed by atoms with Crippen molar-refractivity contribution in [2.75, 3.05) is 6.54 Å². The van der Waals surface area contributed by atoms with Crippen LogP contribution in [0.15, 0.2) is 30.3 Å². The summed E-state index contributed by atoms with van der Waals surface area (Å²) < 4.78 is 40.8. The molecule has 0 amide bonds. The summed E-state index contributed by atoms with van der Waals surface area (Å²) in [6.45, 7) is 2.10. The molecule has 0 bridgehead atoms. The molecular weight excluding hydrogens is 266 g/mol. The molecule has 0 aliphatic carbocycles. The van der Waals surface area contributed by atoms with Crippen LogP contribution in [0.3, 0.4) is 0 Å². The molecule has 1 aromatic carbocycles. The van der Waals surface area contributed by atoms with E-state index in [2.05, 4.69) is 0 Å². The maximum absolute atomic E-state index is 11.0. The standard InChI is InChI=1S/C10H10NO2.ClHO4/c1-8-11(7-10(12)13-8)9-5-3-2-4-6-9;2-1(3,4)5/h2-6H,7H2,1H3;(H,2,3,4,5)/q+1;/p-1. The topological polar surface area (TPSA) is 122 Å². The number of para-hydroxylation sites is 1. The van der Waals surface area contributed by atoms with Crippen molar-refractivity contribution < 1.29 is 43.0 Å². The van der Waals surface area contributed by atoms with E-state index in [9.17, 15) is 4.79 Å². The fourth-order valence-corrected chi connectivity index (χ4v) is 1.37. The van der Waals surface area contributed by atoms with Gasteiger partial charge < -0.3 is 4.74 Å². The third kappa shape index (κ3) is 5.21. The molecule has 0 spiro atoms. The van der Waals surface area contributed by atoms with Gasteiger partial charge in [-0.3, -0.25) is 0 Å². The predicted molar refractivity (Wildman–Crippen MR) is 48.0 cm³/mol. The number of rotatable bonds is 1. The Labute approximate surface area is 105 Å². The average molecular weight is 276 g/mol. The number of ether oxygens (including phenoxy) is 1. The van der Waals surface area contributed by atoms with Crippen LogP contribution in [-0.2, 0) is 9.53 Å². The van der Waals surface area contributed by atoms with Gasteiger partial charge in [0.1, 0.15) is 0 Å². The van der Waals surface area contributed by atoms with Gasteiger partial charge in [0.15, 0.2) is 0 Å². The Morgan fingerprint density at radius 2 is 1.67 bits per heavy atom. The highest BCUT2D eigenvalue weighted by atomic mass is 35.7. The summed E-state index contributed by atoms with van der Waals surface area (Å²) in [7, 11) is -4.94. The molecule has 0 aromatic heterocycles. The lowest BCUT2D eigenvalue weighted by molar-refractivity contribution is -2.00. The van der Waals surface area contributed by atoms with Crippen LogP contribution in [0.2, 0.25) is 0 Å². The Bertz CT molecular complexity index is 447. The average Bonchev–Trinajstić information content (AvgIpc) is 2.57. The highest BCUT2D eigenvalue weighted by molar-refractivity contribution is 5.89. The van der Waals surface area contributed by atoms with Gasteiger partial charge in [-0.1, -0.05) is 18.2 Å². The van der Waals surface area contributed by atoms with Crippen LogP contribution in [0.1, 0.15) is 6.92 Å². The number of carbonyl (C=O) groups is 1. The molecule has 0 atom stereocenters. The number of hydrogen-bond acceptors (Lipinski definition) is 6. The van der Waals surface area contributed by atoms with Gasteiger partial charge in [0, 0.05) is 12.1 Å². The number of cyclic esters (lactones) is 1. The lowest BCUT2D eigenvalue weighted by atomic mass is 10.3. The quantitative estimate of drug-likeness (QED) is 0.388. The Morgan fingerprint density at radius 1 is 1.17 bits per heavy atom. The van der Waals surface area contributed by atoms with Crippen molar-refractivity contribution >= 4 is 17.6 Å². The molecule has 0 fully saturated rings. The van der Waals surface area contributed by atoms with Gasteiger partial charge >= 0.3 is 11.9 Å². The molecule has 0 saturated carbocycles. The van der Waals surface area contributed by atoms with E-state index in [-0.39, 0.29) is 5.97 Å². The first-order valence-corrected chi connectivity index (χ1v) is 5.99. The summed E-state index contributed by atoms with van der Waals surface area (Å²) in [5.41, 5.74) is 0.992. The van der Waals surface area contributed by atoms with Gasteiger partial charge in [0.25, 0.3) is 0 Å². The first kappa shape index (κ1) is 14.6. The highest BCUT2D eigenvalue weighted by Gasteiger charge is 2.29. The molecule has 0 radical (unpaired) electrons. The first-order chi connectivity index (χ1) is 8.27. The van der Waals surface area contributed by atoms with E-state index < -0.39 is 10.2 Å². The summed E-state index contributed by atoms with van der Waals surface area (Å²) in [5, 5.41) is 0. The van der Waals surface area contributed by atoms with Gasteiger partial charge in [-0.25, -0.2) is 23.4 Å². The maximum atomic E-state index is 11.0. The Balaban J connectivity index is 0.000000280. The molecule has 1 aliphatic heterocycles. The van der Waals surface area contributed by atoms with Crippen molar-refractivity contribution in [2.24, 2.45) is 0 Å². The zero-order valence-corrected chi connectivity index (χ0v) is 10.1. The molecule has 1 aliphatic rings. The summed E-state index contributed by atoms with van der Waals surface area (Å²) in [5.74, 6) is 0.456. The Kier molecular flexibility index (Phi) is 4.76. The maximum Gasteiger partial charge on any atom is 0.382 e. The second kappa shape index (κ2) is 5.89. The zero-order chi connectivity index (χ0) is 13.8. The van der Waals surface area contributed by atoms with E-state index in [0.717, 1.165) is 5.69 Å². The minimum atomic E-state index is -4.94. The second-order valence-electron chi connectivity index (χ2n) is 3.29. The first-order valence-electron chi connectivity index (χ1n) is 4.76. The predicted octanol–water partition coefficient (Wildman–Crippen LogP) is -3.45. The second-order valence-corrected chi connectivity index (χ2v) is 4.05. The third-order valence-corrected chi connectivity index (χ3v) is 2.00. The van der Waals surface area contributed by atoms with E-state index in [4.69, 9.17) is 23.4 Å². The number of benzene rings is 1. The molecule has 18 heavy (non-hydrogen) atoms. The molecular formula is C10H10ClNO6. The summed E-state index contributed by atoms with van der Waals surface area (Å²) in [6.07, 6.45) is 0. The van der Waals surface area contributed by atoms with Crippen LogP contribution < -0.4 is 18.6 Å². The number of esters is 1. The van der Waals surface area contributed by atoms with Gasteiger partial charge in [0.05, 0.1) is 6.92 Å². The van der Waals surface area contributed by atoms with Crippen LogP contribution in [0.25, 0.3) is 0 Å². The number of nitrogens with zero attached hydrogens (tertiary/aromatic N) is 1. The van der Waals surface area contributed by atoms with E-state index >= 15 is 0 Å². The van der Waals surface area contributed by atoms with Crippen LogP contribution in [-0.4, -0.2) is 23.0 Å². The van der Waals surface area contributed by atoms with Crippen LogP contribution in [0.5, 0.6) is 0 Å². The molecule has 2 rings (SSSR count). The SMILES string of the molecule is CC1=[N+](c2ccccc2)CC(=O)O1.[O-][Cl+3]([O-])([O-])[O-]. The molecule has 7 nitrogen and oxygen atoms in total. The molecule has 0 unspecified atom stereocenters. The van der Waals surface area contributed by atoms with E-state index in [1.54, 1.807) is 6.92 Å². The molecule has 0 saturated heterocycles. The van der Waals surface area contributed by atoms with Crippen molar-refractivity contribution in [3.63, 3.8) is 0 Å². The number of hydrogen-bond donors (Lipinski definition) is 0. The Morgan fingerprint density at radius 3 is 2.06 bits per heavy atom. The largest absolute Gasteiger partial charge is 0.382 e. The molecule has 8 heteroatoms. The smallest absolute Gasteiger partial charge is 0.370 e. The van der Waals surface area contributed by atoms with E-state index in [1.165, 1.54) is 0 Å². The van der Waals surface area contributed by atoms with Crippen LogP contribution in [0, 0.1) is 10.2 Å². The molecule has 0 N–H and O–H groups in total. The normalized spacial score (nSPS) is 15.1. The molecule has 1 heterocycles. The third-order valence-electron chi connectivity index (χ3n) is 2.00. The lowest BCUT2D eigenvalue weighted by Gasteiger charge is -2.17. The summed E-state index contributed by atoms with van der Waals surface area (Å²) >= 11 is 0. The Hall–Kier alpha value is -1.51. The fraction of sp³-hybridized carbons (Fsp3) is 0.200.